The summed E-state index contributed by atoms with van der Waals surface area (Å²) in [6.07, 6.45) is 1.19. The molecular weight excluding hydrogens is 252 g/mol. The van der Waals surface area contributed by atoms with Gasteiger partial charge in [-0.15, -0.1) is 0 Å². The molecule has 1 atom stereocenters. The number of anilines is 1. The second-order valence-electron chi connectivity index (χ2n) is 4.39. The molecule has 0 saturated carbocycles. The monoisotopic (exact) mass is 270 g/mol. The maximum Gasteiger partial charge on any atom is 0.228 e. The average molecular weight is 270 g/mol. The Bertz CT molecular complexity index is 509. The van der Waals surface area contributed by atoms with E-state index in [0.29, 0.717) is 11.3 Å². The second kappa shape index (κ2) is 5.97. The van der Waals surface area contributed by atoms with Crippen LogP contribution >= 0.6 is 0 Å². The first-order valence-electron chi connectivity index (χ1n) is 5.59. The van der Waals surface area contributed by atoms with Gasteiger partial charge in [-0.3, -0.25) is 4.79 Å². The molecule has 100 valence electrons. The van der Waals surface area contributed by atoms with Crippen molar-refractivity contribution in [1.29, 1.82) is 0 Å². The van der Waals surface area contributed by atoms with Gasteiger partial charge in [-0.05, 0) is 17.7 Å². The molecule has 1 aromatic rings. The molecule has 1 rings (SSSR count). The number of hydrogen-bond acceptors (Lipinski definition) is 4. The maximum absolute atomic E-state index is 11.6. The molecule has 1 amide bonds. The van der Waals surface area contributed by atoms with E-state index >= 15 is 0 Å². The molecule has 5 nitrogen and oxygen atoms in total. The van der Waals surface area contributed by atoms with E-state index in [1.54, 1.807) is 31.2 Å². The van der Waals surface area contributed by atoms with Crippen molar-refractivity contribution in [3.63, 3.8) is 0 Å². The van der Waals surface area contributed by atoms with Gasteiger partial charge in [0.05, 0.1) is 5.75 Å². The minimum atomic E-state index is -3.03. The predicted octanol–water partition coefficient (Wildman–Crippen LogP) is 0.764. The van der Waals surface area contributed by atoms with Crippen molar-refractivity contribution in [1.82, 2.24) is 0 Å². The molecule has 0 aliphatic carbocycles. The molecular formula is C12H18N2O3S. The fourth-order valence-electron chi connectivity index (χ4n) is 1.36. The topological polar surface area (TPSA) is 89.3 Å². The van der Waals surface area contributed by atoms with Crippen molar-refractivity contribution >= 4 is 21.4 Å². The first kappa shape index (κ1) is 14.7. The van der Waals surface area contributed by atoms with Crippen LogP contribution in [0.3, 0.4) is 0 Å². The van der Waals surface area contributed by atoms with Crippen LogP contribution in [0.25, 0.3) is 0 Å². The highest BCUT2D eigenvalue weighted by atomic mass is 32.2. The summed E-state index contributed by atoms with van der Waals surface area (Å²) < 4.78 is 22.2. The Morgan fingerprint density at radius 3 is 2.33 bits per heavy atom. The molecule has 6 heteroatoms. The molecule has 1 unspecified atom stereocenters. The summed E-state index contributed by atoms with van der Waals surface area (Å²) >= 11 is 0. The number of hydrogen-bond donors (Lipinski definition) is 2. The van der Waals surface area contributed by atoms with E-state index in [0.717, 1.165) is 0 Å². The molecule has 3 N–H and O–H groups in total. The largest absolute Gasteiger partial charge is 0.330 e. The quantitative estimate of drug-likeness (QED) is 0.826. The average Bonchev–Trinajstić information content (AvgIpc) is 2.28. The smallest absolute Gasteiger partial charge is 0.228 e. The van der Waals surface area contributed by atoms with Crippen LogP contribution in [-0.2, 0) is 20.4 Å². The van der Waals surface area contributed by atoms with Crippen LogP contribution in [0.1, 0.15) is 12.5 Å². The molecule has 0 spiro atoms. The van der Waals surface area contributed by atoms with Crippen molar-refractivity contribution in [3.8, 4) is 0 Å². The number of carbonyl (C=O) groups is 1. The standard InChI is InChI=1S/C12H18N2O3S/c1-9(7-13)12(15)14-11-5-3-10(4-6-11)8-18(2,16)17/h3-6,9H,7-8,13H2,1-2H3,(H,14,15). The van der Waals surface area contributed by atoms with Gasteiger partial charge in [0.15, 0.2) is 9.84 Å². The van der Waals surface area contributed by atoms with Gasteiger partial charge in [0.25, 0.3) is 0 Å². The van der Waals surface area contributed by atoms with Gasteiger partial charge < -0.3 is 11.1 Å². The van der Waals surface area contributed by atoms with E-state index in [2.05, 4.69) is 5.32 Å². The zero-order chi connectivity index (χ0) is 13.8. The number of amides is 1. The highest BCUT2D eigenvalue weighted by Gasteiger charge is 2.11. The van der Waals surface area contributed by atoms with Crippen LogP contribution < -0.4 is 11.1 Å². The zero-order valence-electron chi connectivity index (χ0n) is 10.5. The lowest BCUT2D eigenvalue weighted by molar-refractivity contribution is -0.119. The summed E-state index contributed by atoms with van der Waals surface area (Å²) in [5.74, 6) is -0.394. The third kappa shape index (κ3) is 4.85. The molecule has 0 aromatic heterocycles. The van der Waals surface area contributed by atoms with Crippen molar-refractivity contribution in [2.24, 2.45) is 11.7 Å². The first-order chi connectivity index (χ1) is 8.31. The Morgan fingerprint density at radius 1 is 1.33 bits per heavy atom. The molecule has 0 fully saturated rings. The Kier molecular flexibility index (Phi) is 4.86. The number of nitrogens with two attached hydrogens (primary N) is 1. The number of sulfone groups is 1. The van der Waals surface area contributed by atoms with E-state index < -0.39 is 9.84 Å². The number of carbonyl (C=O) groups excluding carboxylic acids is 1. The summed E-state index contributed by atoms with van der Waals surface area (Å²) in [7, 11) is -3.03. The summed E-state index contributed by atoms with van der Waals surface area (Å²) in [5, 5.41) is 2.71. The lowest BCUT2D eigenvalue weighted by Crippen LogP contribution is -2.26. The van der Waals surface area contributed by atoms with E-state index in [1.165, 1.54) is 6.26 Å². The van der Waals surface area contributed by atoms with Crippen LogP contribution in [0.4, 0.5) is 5.69 Å². The van der Waals surface area contributed by atoms with Gasteiger partial charge in [0, 0.05) is 24.4 Å². The second-order valence-corrected chi connectivity index (χ2v) is 6.53. The summed E-state index contributed by atoms with van der Waals surface area (Å²) in [5.41, 5.74) is 6.73. The fourth-order valence-corrected chi connectivity index (χ4v) is 2.16. The fraction of sp³-hybridized carbons (Fsp3) is 0.417. The van der Waals surface area contributed by atoms with Gasteiger partial charge >= 0.3 is 0 Å². The van der Waals surface area contributed by atoms with Crippen molar-refractivity contribution < 1.29 is 13.2 Å². The van der Waals surface area contributed by atoms with Gasteiger partial charge in [0.1, 0.15) is 0 Å². The Labute approximate surface area is 107 Å². The van der Waals surface area contributed by atoms with E-state index in [1.807, 2.05) is 0 Å². The van der Waals surface area contributed by atoms with E-state index in [4.69, 9.17) is 5.73 Å². The van der Waals surface area contributed by atoms with Gasteiger partial charge in [-0.1, -0.05) is 19.1 Å². The van der Waals surface area contributed by atoms with E-state index in [-0.39, 0.29) is 24.1 Å². The highest BCUT2D eigenvalue weighted by molar-refractivity contribution is 7.89. The molecule has 0 bridgehead atoms. The number of benzene rings is 1. The molecule has 0 aliphatic heterocycles. The first-order valence-corrected chi connectivity index (χ1v) is 7.65. The normalized spacial score (nSPS) is 13.1. The molecule has 0 saturated heterocycles. The van der Waals surface area contributed by atoms with Crippen LogP contribution in [0, 0.1) is 5.92 Å². The summed E-state index contributed by atoms with van der Waals surface area (Å²) in [6.45, 7) is 2.03. The molecule has 0 radical (unpaired) electrons. The molecule has 18 heavy (non-hydrogen) atoms. The minimum absolute atomic E-state index is 0.000426. The Hall–Kier alpha value is -1.40. The van der Waals surface area contributed by atoms with Crippen LogP contribution in [0.2, 0.25) is 0 Å². The summed E-state index contributed by atoms with van der Waals surface area (Å²) in [4.78, 5) is 11.6. The highest BCUT2D eigenvalue weighted by Crippen LogP contribution is 2.12. The van der Waals surface area contributed by atoms with Gasteiger partial charge in [-0.25, -0.2) is 8.42 Å². The Balaban J connectivity index is 2.69. The SMILES string of the molecule is CC(CN)C(=O)Nc1ccc(CS(C)(=O)=O)cc1. The molecule has 1 aromatic carbocycles. The van der Waals surface area contributed by atoms with Crippen LogP contribution in [-0.4, -0.2) is 27.1 Å². The third-order valence-corrected chi connectivity index (χ3v) is 3.31. The van der Waals surface area contributed by atoms with Crippen molar-refractivity contribution in [3.05, 3.63) is 29.8 Å². The molecule has 0 aliphatic rings. The van der Waals surface area contributed by atoms with E-state index in [9.17, 15) is 13.2 Å². The van der Waals surface area contributed by atoms with Crippen molar-refractivity contribution in [2.45, 2.75) is 12.7 Å². The zero-order valence-corrected chi connectivity index (χ0v) is 11.3. The number of nitrogens with one attached hydrogen (secondary N) is 1. The van der Waals surface area contributed by atoms with Gasteiger partial charge in [-0.2, -0.15) is 0 Å². The Morgan fingerprint density at radius 2 is 1.89 bits per heavy atom. The van der Waals surface area contributed by atoms with Crippen LogP contribution in [0.15, 0.2) is 24.3 Å². The van der Waals surface area contributed by atoms with Gasteiger partial charge in [0.2, 0.25) is 5.91 Å². The van der Waals surface area contributed by atoms with Crippen molar-refractivity contribution in [2.75, 3.05) is 18.1 Å². The summed E-state index contributed by atoms with van der Waals surface area (Å²) in [6, 6.07) is 6.73. The third-order valence-electron chi connectivity index (χ3n) is 2.45. The maximum atomic E-state index is 11.6. The molecule has 0 heterocycles. The minimum Gasteiger partial charge on any atom is -0.330 e. The lowest BCUT2D eigenvalue weighted by Gasteiger charge is -2.10. The number of rotatable bonds is 5. The van der Waals surface area contributed by atoms with Crippen LogP contribution in [0.5, 0.6) is 0 Å². The predicted molar refractivity (Wildman–Crippen MR) is 71.8 cm³/mol. The lowest BCUT2D eigenvalue weighted by atomic mass is 10.1.